The van der Waals surface area contributed by atoms with Crippen LogP contribution in [-0.4, -0.2) is 40.6 Å². The van der Waals surface area contributed by atoms with E-state index in [-0.39, 0.29) is 17.3 Å². The number of hydrogen-bond donors (Lipinski definition) is 1. The molecule has 2 rings (SSSR count). The van der Waals surface area contributed by atoms with Crippen LogP contribution >= 0.6 is 0 Å². The van der Waals surface area contributed by atoms with Gasteiger partial charge in [0.2, 0.25) is 5.91 Å². The van der Waals surface area contributed by atoms with Crippen LogP contribution in [0.15, 0.2) is 41.3 Å². The van der Waals surface area contributed by atoms with Crippen molar-refractivity contribution in [2.45, 2.75) is 51.5 Å². The molecule has 31 heavy (non-hydrogen) atoms. The molecule has 0 aliphatic heterocycles. The molecule has 0 aliphatic rings. The molecule has 0 aliphatic carbocycles. The van der Waals surface area contributed by atoms with Gasteiger partial charge >= 0.3 is 0 Å². The van der Waals surface area contributed by atoms with Crippen LogP contribution in [0.25, 0.3) is 0 Å². The zero-order chi connectivity index (χ0) is 23.4. The molecule has 0 aromatic heterocycles. The first-order chi connectivity index (χ1) is 14.4. The van der Waals surface area contributed by atoms with Gasteiger partial charge in [0.1, 0.15) is 6.54 Å². The molecule has 0 unspecified atom stereocenters. The summed E-state index contributed by atoms with van der Waals surface area (Å²) >= 11 is 0. The van der Waals surface area contributed by atoms with Crippen molar-refractivity contribution < 1.29 is 22.7 Å². The number of sulfonamides is 1. The number of carbonyl (C=O) groups is 1. The van der Waals surface area contributed by atoms with Gasteiger partial charge in [-0.2, -0.15) is 0 Å². The third kappa shape index (κ3) is 5.91. The van der Waals surface area contributed by atoms with E-state index >= 15 is 0 Å². The molecule has 0 bridgehead atoms. The SMILES string of the molecule is CCC(C)(C)NC(=O)CN(c1cc(C)cc(C)c1)S(=O)(=O)c1ccc(OC)c(OC)c1. The van der Waals surface area contributed by atoms with Gasteiger partial charge in [-0.05, 0) is 69.5 Å². The van der Waals surface area contributed by atoms with E-state index < -0.39 is 15.6 Å². The Morgan fingerprint density at radius 1 is 1.00 bits per heavy atom. The lowest BCUT2D eigenvalue weighted by Gasteiger charge is -2.29. The van der Waals surface area contributed by atoms with Gasteiger partial charge in [0.25, 0.3) is 10.0 Å². The lowest BCUT2D eigenvalue weighted by Crippen LogP contribution is -2.48. The second-order valence-electron chi connectivity index (χ2n) is 8.16. The first-order valence-corrected chi connectivity index (χ1v) is 11.5. The summed E-state index contributed by atoms with van der Waals surface area (Å²) in [6.45, 7) is 9.19. The number of anilines is 1. The Labute approximate surface area is 185 Å². The number of nitrogens with zero attached hydrogens (tertiary/aromatic N) is 1. The van der Waals surface area contributed by atoms with Crippen LogP contribution in [-0.2, 0) is 14.8 Å². The minimum absolute atomic E-state index is 0.00635. The topological polar surface area (TPSA) is 84.9 Å². The van der Waals surface area contributed by atoms with Crippen molar-refractivity contribution in [2.75, 3.05) is 25.1 Å². The Bertz CT molecular complexity index is 1030. The highest BCUT2D eigenvalue weighted by atomic mass is 32.2. The number of rotatable bonds is 9. The van der Waals surface area contributed by atoms with Gasteiger partial charge < -0.3 is 14.8 Å². The summed E-state index contributed by atoms with van der Waals surface area (Å²) < 4.78 is 38.9. The summed E-state index contributed by atoms with van der Waals surface area (Å²) in [5, 5.41) is 2.91. The lowest BCUT2D eigenvalue weighted by molar-refractivity contribution is -0.121. The summed E-state index contributed by atoms with van der Waals surface area (Å²) in [7, 11) is -1.15. The molecule has 0 spiro atoms. The second kappa shape index (κ2) is 9.60. The fourth-order valence-electron chi connectivity index (χ4n) is 3.15. The predicted octanol–water partition coefficient (Wildman–Crippen LogP) is 3.82. The van der Waals surface area contributed by atoms with E-state index in [0.29, 0.717) is 23.6 Å². The monoisotopic (exact) mass is 448 g/mol. The number of aryl methyl sites for hydroxylation is 2. The fourth-order valence-corrected chi connectivity index (χ4v) is 4.57. The lowest BCUT2D eigenvalue weighted by atomic mass is 10.0. The standard InChI is InChI=1S/C23H32N2O5S/c1-8-23(4,5)24-22(26)15-25(18-12-16(2)11-17(3)13-18)31(27,28)19-9-10-20(29-6)21(14-19)30-7/h9-14H,8,15H2,1-7H3,(H,24,26). The van der Waals surface area contributed by atoms with Gasteiger partial charge in [0, 0.05) is 11.6 Å². The maximum absolute atomic E-state index is 13.6. The summed E-state index contributed by atoms with van der Waals surface area (Å²) in [5.74, 6) is 0.331. The number of nitrogens with one attached hydrogen (secondary N) is 1. The average Bonchev–Trinajstić information content (AvgIpc) is 2.70. The number of benzene rings is 2. The molecule has 0 fully saturated rings. The molecule has 1 N–H and O–H groups in total. The van der Waals surface area contributed by atoms with E-state index in [9.17, 15) is 13.2 Å². The molecule has 0 saturated heterocycles. The minimum atomic E-state index is -4.07. The van der Waals surface area contributed by atoms with Crippen LogP contribution in [0.4, 0.5) is 5.69 Å². The van der Waals surface area contributed by atoms with Crippen LogP contribution in [0, 0.1) is 13.8 Å². The van der Waals surface area contributed by atoms with E-state index in [1.54, 1.807) is 12.1 Å². The fraction of sp³-hybridized carbons (Fsp3) is 0.435. The molecule has 170 valence electrons. The highest BCUT2D eigenvalue weighted by molar-refractivity contribution is 7.92. The molecule has 0 heterocycles. The van der Waals surface area contributed by atoms with Gasteiger partial charge in [0.15, 0.2) is 11.5 Å². The van der Waals surface area contributed by atoms with Crippen LogP contribution in [0.1, 0.15) is 38.3 Å². The zero-order valence-electron chi connectivity index (χ0n) is 19.3. The molecule has 2 aromatic rings. The summed E-state index contributed by atoms with van der Waals surface area (Å²) in [4.78, 5) is 12.8. The summed E-state index contributed by atoms with van der Waals surface area (Å²) in [5.41, 5.74) is 1.78. The Balaban J connectivity index is 2.56. The molecule has 0 radical (unpaired) electrons. The molecule has 8 heteroatoms. The predicted molar refractivity (Wildman–Crippen MR) is 123 cm³/mol. The van der Waals surface area contributed by atoms with Crippen LogP contribution < -0.4 is 19.1 Å². The number of ether oxygens (including phenoxy) is 2. The molecule has 1 amide bonds. The zero-order valence-corrected chi connectivity index (χ0v) is 20.1. The van der Waals surface area contributed by atoms with Crippen molar-refractivity contribution in [2.24, 2.45) is 0 Å². The molecule has 2 aromatic carbocycles. The van der Waals surface area contributed by atoms with Crippen LogP contribution in [0.3, 0.4) is 0 Å². The quantitative estimate of drug-likeness (QED) is 0.630. The van der Waals surface area contributed by atoms with E-state index in [2.05, 4.69) is 5.32 Å². The average molecular weight is 449 g/mol. The smallest absolute Gasteiger partial charge is 0.264 e. The minimum Gasteiger partial charge on any atom is -0.493 e. The largest absolute Gasteiger partial charge is 0.493 e. The van der Waals surface area contributed by atoms with Crippen molar-refractivity contribution >= 4 is 21.6 Å². The maximum Gasteiger partial charge on any atom is 0.264 e. The van der Waals surface area contributed by atoms with Crippen molar-refractivity contribution in [3.05, 3.63) is 47.5 Å². The third-order valence-electron chi connectivity index (χ3n) is 5.09. The second-order valence-corrected chi connectivity index (χ2v) is 10.0. The maximum atomic E-state index is 13.6. The van der Waals surface area contributed by atoms with E-state index in [0.717, 1.165) is 15.4 Å². The number of amides is 1. The first-order valence-electron chi connectivity index (χ1n) is 10.1. The summed E-state index contributed by atoms with van der Waals surface area (Å²) in [6.07, 6.45) is 0.713. The van der Waals surface area contributed by atoms with Gasteiger partial charge in [-0.25, -0.2) is 8.42 Å². The van der Waals surface area contributed by atoms with Gasteiger partial charge in [0.05, 0.1) is 24.8 Å². The van der Waals surface area contributed by atoms with Gasteiger partial charge in [-0.15, -0.1) is 0 Å². The highest BCUT2D eigenvalue weighted by Gasteiger charge is 2.30. The molecule has 7 nitrogen and oxygen atoms in total. The molecule has 0 saturated carbocycles. The Morgan fingerprint density at radius 2 is 1.58 bits per heavy atom. The van der Waals surface area contributed by atoms with E-state index in [1.165, 1.54) is 32.4 Å². The number of carbonyl (C=O) groups excluding carboxylic acids is 1. The van der Waals surface area contributed by atoms with E-state index in [4.69, 9.17) is 9.47 Å². The Morgan fingerprint density at radius 3 is 2.10 bits per heavy atom. The third-order valence-corrected chi connectivity index (χ3v) is 6.86. The molecule has 0 atom stereocenters. The van der Waals surface area contributed by atoms with Crippen LogP contribution in [0.2, 0.25) is 0 Å². The normalized spacial score (nSPS) is 11.7. The molecular weight excluding hydrogens is 416 g/mol. The van der Waals surface area contributed by atoms with Crippen molar-refractivity contribution in [1.29, 1.82) is 0 Å². The van der Waals surface area contributed by atoms with Crippen molar-refractivity contribution in [3.63, 3.8) is 0 Å². The Kier molecular flexibility index (Phi) is 7.59. The molecular formula is C23H32N2O5S. The van der Waals surface area contributed by atoms with Crippen molar-refractivity contribution in [1.82, 2.24) is 5.32 Å². The highest BCUT2D eigenvalue weighted by Crippen LogP contribution is 2.32. The van der Waals surface area contributed by atoms with Crippen LogP contribution in [0.5, 0.6) is 11.5 Å². The first kappa shape index (κ1) is 24.5. The van der Waals surface area contributed by atoms with Crippen molar-refractivity contribution in [3.8, 4) is 11.5 Å². The summed E-state index contributed by atoms with van der Waals surface area (Å²) in [6, 6.07) is 9.83. The van der Waals surface area contributed by atoms with Gasteiger partial charge in [-0.1, -0.05) is 13.0 Å². The Hall–Kier alpha value is -2.74. The number of hydrogen-bond acceptors (Lipinski definition) is 5. The van der Waals surface area contributed by atoms with Gasteiger partial charge in [-0.3, -0.25) is 9.10 Å². The number of methoxy groups -OCH3 is 2. The van der Waals surface area contributed by atoms with E-state index in [1.807, 2.05) is 40.7 Å².